The Morgan fingerprint density at radius 3 is 3.06 bits per heavy atom. The molecular weight excluding hydrogens is 236 g/mol. The highest BCUT2D eigenvalue weighted by atomic mass is 16.5. The van der Waals surface area contributed by atoms with Gasteiger partial charge in [0.1, 0.15) is 11.4 Å². The molecule has 0 aromatic carbocycles. The number of oxime groups is 1. The summed E-state index contributed by atoms with van der Waals surface area (Å²) < 4.78 is 4.98. The van der Waals surface area contributed by atoms with E-state index in [1.807, 2.05) is 0 Å². The van der Waals surface area contributed by atoms with Gasteiger partial charge in [-0.3, -0.25) is 4.79 Å². The third-order valence-electron chi connectivity index (χ3n) is 2.40. The molecule has 0 aliphatic rings. The van der Waals surface area contributed by atoms with E-state index in [1.165, 1.54) is 13.3 Å². The van der Waals surface area contributed by atoms with E-state index >= 15 is 0 Å². The van der Waals surface area contributed by atoms with Crippen LogP contribution >= 0.6 is 0 Å². The standard InChI is InChI=1S/C11H16N4O3/c1-7(9(12)15-17)6-14-10(16)8-4-3-5-13-11(8)18-2/h3-5,7,17H,6H2,1-2H3,(H2,12,15)(H,14,16). The molecule has 0 aliphatic carbocycles. The number of carbonyl (C=O) groups is 1. The number of nitrogens with two attached hydrogens (primary N) is 1. The Morgan fingerprint density at radius 2 is 2.44 bits per heavy atom. The Labute approximate surface area is 105 Å². The summed E-state index contributed by atoms with van der Waals surface area (Å²) >= 11 is 0. The number of methoxy groups -OCH3 is 1. The molecule has 7 nitrogen and oxygen atoms in total. The van der Waals surface area contributed by atoms with Crippen molar-refractivity contribution < 1.29 is 14.7 Å². The summed E-state index contributed by atoms with van der Waals surface area (Å²) in [6, 6.07) is 3.25. The lowest BCUT2D eigenvalue weighted by Gasteiger charge is -2.12. The van der Waals surface area contributed by atoms with E-state index in [0.29, 0.717) is 5.56 Å². The molecule has 1 aromatic heterocycles. The van der Waals surface area contributed by atoms with Crippen LogP contribution in [-0.4, -0.2) is 35.6 Å². The lowest BCUT2D eigenvalue weighted by atomic mass is 10.1. The third kappa shape index (κ3) is 3.34. The number of nitrogens with zero attached hydrogens (tertiary/aromatic N) is 2. The molecule has 1 heterocycles. The summed E-state index contributed by atoms with van der Waals surface area (Å²) in [6.07, 6.45) is 1.54. The minimum atomic E-state index is -0.322. The molecule has 0 spiro atoms. The van der Waals surface area contributed by atoms with Crippen LogP contribution in [0.25, 0.3) is 0 Å². The smallest absolute Gasteiger partial charge is 0.256 e. The minimum absolute atomic E-state index is 0.0634. The first-order chi connectivity index (χ1) is 8.60. The van der Waals surface area contributed by atoms with Crippen LogP contribution in [0, 0.1) is 5.92 Å². The molecule has 4 N–H and O–H groups in total. The van der Waals surface area contributed by atoms with E-state index in [0.717, 1.165) is 0 Å². The maximum Gasteiger partial charge on any atom is 0.256 e. The van der Waals surface area contributed by atoms with Crippen molar-refractivity contribution in [1.29, 1.82) is 0 Å². The van der Waals surface area contributed by atoms with Gasteiger partial charge in [-0.05, 0) is 12.1 Å². The molecule has 0 bridgehead atoms. The Kier molecular flexibility index (Phi) is 4.91. The largest absolute Gasteiger partial charge is 0.480 e. The number of aromatic nitrogens is 1. The molecule has 1 rings (SSSR count). The predicted molar refractivity (Wildman–Crippen MR) is 65.7 cm³/mol. The number of rotatable bonds is 5. The predicted octanol–water partition coefficient (Wildman–Crippen LogP) is 0.203. The van der Waals surface area contributed by atoms with Gasteiger partial charge in [-0.1, -0.05) is 12.1 Å². The van der Waals surface area contributed by atoms with Gasteiger partial charge in [0.2, 0.25) is 5.88 Å². The van der Waals surface area contributed by atoms with Crippen LogP contribution in [0.3, 0.4) is 0 Å². The Balaban J connectivity index is 2.66. The second kappa shape index (κ2) is 6.43. The number of carbonyl (C=O) groups excluding carboxylic acids is 1. The second-order valence-corrected chi connectivity index (χ2v) is 3.70. The molecule has 0 saturated heterocycles. The van der Waals surface area contributed by atoms with E-state index in [1.54, 1.807) is 19.1 Å². The van der Waals surface area contributed by atoms with Crippen molar-refractivity contribution in [2.45, 2.75) is 6.92 Å². The first-order valence-corrected chi connectivity index (χ1v) is 5.34. The maximum atomic E-state index is 11.9. The van der Waals surface area contributed by atoms with E-state index in [-0.39, 0.29) is 30.1 Å². The highest BCUT2D eigenvalue weighted by molar-refractivity contribution is 5.96. The number of pyridine rings is 1. The van der Waals surface area contributed by atoms with Gasteiger partial charge in [0.15, 0.2) is 0 Å². The van der Waals surface area contributed by atoms with E-state index in [2.05, 4.69) is 15.5 Å². The summed E-state index contributed by atoms with van der Waals surface area (Å²) in [4.78, 5) is 15.8. The van der Waals surface area contributed by atoms with Crippen LogP contribution < -0.4 is 15.8 Å². The quantitative estimate of drug-likeness (QED) is 0.300. The summed E-state index contributed by atoms with van der Waals surface area (Å²) in [5.74, 6) is -0.265. The van der Waals surface area contributed by atoms with Crippen molar-refractivity contribution in [1.82, 2.24) is 10.3 Å². The fraction of sp³-hybridized carbons (Fsp3) is 0.364. The molecule has 1 unspecified atom stereocenters. The average molecular weight is 252 g/mol. The SMILES string of the molecule is COc1ncccc1C(=O)NCC(C)/C(N)=N/O. The van der Waals surface area contributed by atoms with Crippen molar-refractivity contribution in [2.24, 2.45) is 16.8 Å². The summed E-state index contributed by atoms with van der Waals surface area (Å²) in [6.45, 7) is 1.99. The van der Waals surface area contributed by atoms with Gasteiger partial charge >= 0.3 is 0 Å². The molecule has 7 heteroatoms. The molecule has 0 fully saturated rings. The number of nitrogens with one attached hydrogen (secondary N) is 1. The van der Waals surface area contributed by atoms with Crippen LogP contribution in [0.2, 0.25) is 0 Å². The fourth-order valence-electron chi connectivity index (χ4n) is 1.27. The molecule has 1 atom stereocenters. The zero-order chi connectivity index (χ0) is 13.5. The topological polar surface area (TPSA) is 110 Å². The number of ether oxygens (including phenoxy) is 1. The minimum Gasteiger partial charge on any atom is -0.480 e. The van der Waals surface area contributed by atoms with Gasteiger partial charge in [0, 0.05) is 18.7 Å². The first-order valence-electron chi connectivity index (χ1n) is 5.34. The number of hydrogen-bond donors (Lipinski definition) is 3. The zero-order valence-electron chi connectivity index (χ0n) is 10.3. The van der Waals surface area contributed by atoms with Crippen molar-refractivity contribution in [3.8, 4) is 5.88 Å². The molecule has 0 aliphatic heterocycles. The lowest BCUT2D eigenvalue weighted by Crippen LogP contribution is -2.34. The molecule has 0 saturated carbocycles. The number of amidine groups is 1. The van der Waals surface area contributed by atoms with E-state index in [4.69, 9.17) is 15.7 Å². The van der Waals surface area contributed by atoms with Crippen molar-refractivity contribution in [3.05, 3.63) is 23.9 Å². The van der Waals surface area contributed by atoms with Crippen LogP contribution in [-0.2, 0) is 0 Å². The molecule has 0 radical (unpaired) electrons. The van der Waals surface area contributed by atoms with Crippen LogP contribution in [0.4, 0.5) is 0 Å². The molecular formula is C11H16N4O3. The average Bonchev–Trinajstić information content (AvgIpc) is 2.43. The lowest BCUT2D eigenvalue weighted by molar-refractivity contribution is 0.0947. The monoisotopic (exact) mass is 252 g/mol. The highest BCUT2D eigenvalue weighted by Gasteiger charge is 2.14. The number of hydrogen-bond acceptors (Lipinski definition) is 5. The summed E-state index contributed by atoms with van der Waals surface area (Å²) in [5, 5.41) is 14.0. The third-order valence-corrected chi connectivity index (χ3v) is 2.40. The first kappa shape index (κ1) is 13.8. The second-order valence-electron chi connectivity index (χ2n) is 3.70. The number of amides is 1. The van der Waals surface area contributed by atoms with Crippen molar-refractivity contribution >= 4 is 11.7 Å². The molecule has 1 amide bonds. The van der Waals surface area contributed by atoms with Gasteiger partial charge in [-0.25, -0.2) is 4.98 Å². The van der Waals surface area contributed by atoms with Crippen LogP contribution in [0.5, 0.6) is 5.88 Å². The maximum absolute atomic E-state index is 11.9. The van der Waals surface area contributed by atoms with Crippen molar-refractivity contribution in [3.63, 3.8) is 0 Å². The Hall–Kier alpha value is -2.31. The molecule has 1 aromatic rings. The van der Waals surface area contributed by atoms with Gasteiger partial charge < -0.3 is 21.0 Å². The fourth-order valence-corrected chi connectivity index (χ4v) is 1.27. The van der Waals surface area contributed by atoms with E-state index in [9.17, 15) is 4.79 Å². The Bertz CT molecular complexity index is 448. The molecule has 18 heavy (non-hydrogen) atoms. The van der Waals surface area contributed by atoms with E-state index < -0.39 is 0 Å². The van der Waals surface area contributed by atoms with Gasteiger partial charge in [0.05, 0.1) is 7.11 Å². The van der Waals surface area contributed by atoms with Gasteiger partial charge in [0.25, 0.3) is 5.91 Å². The van der Waals surface area contributed by atoms with Gasteiger partial charge in [-0.2, -0.15) is 0 Å². The molecule has 98 valence electrons. The Morgan fingerprint density at radius 1 is 1.72 bits per heavy atom. The zero-order valence-corrected chi connectivity index (χ0v) is 10.3. The van der Waals surface area contributed by atoms with Crippen LogP contribution in [0.15, 0.2) is 23.5 Å². The highest BCUT2D eigenvalue weighted by Crippen LogP contribution is 2.13. The van der Waals surface area contributed by atoms with Gasteiger partial charge in [-0.15, -0.1) is 0 Å². The summed E-state index contributed by atoms with van der Waals surface area (Å²) in [5.41, 5.74) is 5.75. The normalized spacial score (nSPS) is 12.9. The van der Waals surface area contributed by atoms with Crippen molar-refractivity contribution in [2.75, 3.05) is 13.7 Å². The summed E-state index contributed by atoms with van der Waals surface area (Å²) in [7, 11) is 1.44. The van der Waals surface area contributed by atoms with Crippen LogP contribution in [0.1, 0.15) is 17.3 Å².